The summed E-state index contributed by atoms with van der Waals surface area (Å²) in [5.41, 5.74) is 5.22. The first kappa shape index (κ1) is 19.8. The lowest BCUT2D eigenvalue weighted by molar-refractivity contribution is 0.0975. The zero-order valence-electron chi connectivity index (χ0n) is 17.7. The lowest BCUT2D eigenvalue weighted by atomic mass is 9.94. The van der Waals surface area contributed by atoms with E-state index in [0.717, 1.165) is 28.6 Å². The Morgan fingerprint density at radius 3 is 2.65 bits per heavy atom. The van der Waals surface area contributed by atoms with Gasteiger partial charge in [0.1, 0.15) is 0 Å². The number of hydrogen-bond donors (Lipinski definition) is 0. The normalized spacial score (nSPS) is 18.1. The van der Waals surface area contributed by atoms with Gasteiger partial charge in [0.2, 0.25) is 0 Å². The van der Waals surface area contributed by atoms with Crippen molar-refractivity contribution >= 4 is 34.3 Å². The van der Waals surface area contributed by atoms with Gasteiger partial charge in [-0.3, -0.25) is 9.78 Å². The van der Waals surface area contributed by atoms with E-state index < -0.39 is 0 Å². The summed E-state index contributed by atoms with van der Waals surface area (Å²) in [5.74, 6) is 0.0634. The molecule has 0 aliphatic carbocycles. The third-order valence-corrected chi connectivity index (χ3v) is 7.20. The molecular formula is C27H24N2OS. The van der Waals surface area contributed by atoms with Gasteiger partial charge in [0.05, 0.1) is 5.52 Å². The number of hydrogen-bond acceptors (Lipinski definition) is 3. The second-order valence-electron chi connectivity index (χ2n) is 8.13. The molecule has 0 saturated heterocycles. The highest BCUT2D eigenvalue weighted by molar-refractivity contribution is 7.99. The van der Waals surface area contributed by atoms with Crippen LogP contribution in [0.15, 0.2) is 90.0 Å². The minimum atomic E-state index is 0.0634. The van der Waals surface area contributed by atoms with Gasteiger partial charge >= 0.3 is 0 Å². The SMILES string of the molecule is Cc1ccc2c(c1)[C@H](Sc1cccc3cccnc13)C[C@@H](C)N2C(=O)c1ccccc1. The van der Waals surface area contributed by atoms with E-state index in [1.165, 1.54) is 16.0 Å². The highest BCUT2D eigenvalue weighted by Gasteiger charge is 2.35. The maximum Gasteiger partial charge on any atom is 0.258 e. The molecule has 0 spiro atoms. The van der Waals surface area contributed by atoms with Crippen molar-refractivity contribution in [2.45, 2.75) is 36.5 Å². The van der Waals surface area contributed by atoms with Gasteiger partial charge in [0, 0.05) is 39.0 Å². The number of nitrogens with zero attached hydrogens (tertiary/aromatic N) is 2. The van der Waals surface area contributed by atoms with Gasteiger partial charge in [-0.05, 0) is 56.2 Å². The molecule has 0 unspecified atom stereocenters. The molecule has 0 saturated carbocycles. The van der Waals surface area contributed by atoms with Crippen LogP contribution in [0.5, 0.6) is 0 Å². The smallest absolute Gasteiger partial charge is 0.258 e. The number of thioether (sulfide) groups is 1. The number of carbonyl (C=O) groups is 1. The Labute approximate surface area is 187 Å². The number of aryl methyl sites for hydroxylation is 1. The Bertz CT molecular complexity index is 1250. The van der Waals surface area contributed by atoms with Crippen LogP contribution < -0.4 is 4.90 Å². The van der Waals surface area contributed by atoms with E-state index in [0.29, 0.717) is 0 Å². The Morgan fingerprint density at radius 1 is 1.00 bits per heavy atom. The van der Waals surface area contributed by atoms with Crippen LogP contribution in [0.4, 0.5) is 5.69 Å². The third-order valence-electron chi connectivity index (χ3n) is 5.89. The van der Waals surface area contributed by atoms with E-state index in [-0.39, 0.29) is 17.2 Å². The van der Waals surface area contributed by atoms with Crippen LogP contribution in [-0.2, 0) is 0 Å². The molecular weight excluding hydrogens is 400 g/mol. The van der Waals surface area contributed by atoms with Gasteiger partial charge in [-0.15, -0.1) is 11.8 Å². The number of anilines is 1. The highest BCUT2D eigenvalue weighted by Crippen LogP contribution is 2.48. The van der Waals surface area contributed by atoms with E-state index >= 15 is 0 Å². The molecule has 2 heterocycles. The number of rotatable bonds is 3. The average molecular weight is 425 g/mol. The molecule has 1 aromatic heterocycles. The first-order chi connectivity index (χ1) is 15.1. The molecule has 1 amide bonds. The van der Waals surface area contributed by atoms with Crippen molar-refractivity contribution < 1.29 is 4.79 Å². The van der Waals surface area contributed by atoms with E-state index in [4.69, 9.17) is 0 Å². The van der Waals surface area contributed by atoms with Crippen molar-refractivity contribution in [2.24, 2.45) is 0 Å². The van der Waals surface area contributed by atoms with Gasteiger partial charge < -0.3 is 4.90 Å². The molecule has 0 bridgehead atoms. The molecule has 4 heteroatoms. The molecule has 1 aliphatic rings. The van der Waals surface area contributed by atoms with Crippen molar-refractivity contribution in [3.05, 3.63) is 102 Å². The number of aromatic nitrogens is 1. The van der Waals surface area contributed by atoms with Crippen molar-refractivity contribution in [1.82, 2.24) is 4.98 Å². The molecule has 5 rings (SSSR count). The fourth-order valence-corrected chi connectivity index (χ4v) is 5.83. The number of pyridine rings is 1. The topological polar surface area (TPSA) is 33.2 Å². The standard InChI is InChI=1S/C27H24N2OS/c1-18-13-14-23-22(16-18)25(31-24-12-6-10-20-11-7-15-28-26(20)24)17-19(2)29(23)27(30)21-8-4-3-5-9-21/h3-16,19,25H,17H2,1-2H3/t19-,25-/m1/s1. The molecule has 0 fully saturated rings. The molecule has 3 nitrogen and oxygen atoms in total. The van der Waals surface area contributed by atoms with Gasteiger partial charge in [-0.25, -0.2) is 0 Å². The number of carbonyl (C=O) groups excluding carboxylic acids is 1. The summed E-state index contributed by atoms with van der Waals surface area (Å²) in [7, 11) is 0. The third kappa shape index (κ3) is 3.72. The van der Waals surface area contributed by atoms with E-state index in [1.807, 2.05) is 59.3 Å². The van der Waals surface area contributed by atoms with Crippen LogP contribution in [0.1, 0.15) is 40.1 Å². The Balaban J connectivity index is 1.56. The Kier molecular flexibility index (Phi) is 5.24. The zero-order valence-corrected chi connectivity index (χ0v) is 18.5. The molecule has 3 aromatic carbocycles. The molecule has 2 atom stereocenters. The molecule has 1 aliphatic heterocycles. The van der Waals surface area contributed by atoms with Crippen LogP contribution in [-0.4, -0.2) is 16.9 Å². The van der Waals surface area contributed by atoms with Crippen LogP contribution in [0.2, 0.25) is 0 Å². The van der Waals surface area contributed by atoms with Gasteiger partial charge in [-0.2, -0.15) is 0 Å². The number of fused-ring (bicyclic) bond motifs is 2. The lowest BCUT2D eigenvalue weighted by Crippen LogP contribution is -2.42. The zero-order chi connectivity index (χ0) is 21.4. The van der Waals surface area contributed by atoms with Gasteiger partial charge in [0.25, 0.3) is 5.91 Å². The Morgan fingerprint density at radius 2 is 1.81 bits per heavy atom. The van der Waals surface area contributed by atoms with Crippen LogP contribution in [0.25, 0.3) is 10.9 Å². The summed E-state index contributed by atoms with van der Waals surface area (Å²) in [4.78, 5) is 21.2. The molecule has 0 N–H and O–H groups in total. The molecule has 31 heavy (non-hydrogen) atoms. The van der Waals surface area contributed by atoms with Crippen molar-refractivity contribution in [2.75, 3.05) is 4.90 Å². The summed E-state index contributed by atoms with van der Waals surface area (Å²) < 4.78 is 0. The number of amides is 1. The van der Waals surface area contributed by atoms with Crippen LogP contribution in [0.3, 0.4) is 0 Å². The summed E-state index contributed by atoms with van der Waals surface area (Å²) in [6, 6.07) is 26.6. The molecule has 154 valence electrons. The summed E-state index contributed by atoms with van der Waals surface area (Å²) in [6.07, 6.45) is 2.75. The number of para-hydroxylation sites is 1. The monoisotopic (exact) mass is 424 g/mol. The minimum absolute atomic E-state index is 0.0634. The maximum absolute atomic E-state index is 13.4. The molecule has 4 aromatic rings. The first-order valence-corrected chi connectivity index (χ1v) is 11.5. The Hall–Kier alpha value is -3.11. The largest absolute Gasteiger partial charge is 0.305 e. The minimum Gasteiger partial charge on any atom is -0.305 e. The lowest BCUT2D eigenvalue weighted by Gasteiger charge is -2.39. The summed E-state index contributed by atoms with van der Waals surface area (Å²) in [6.45, 7) is 4.27. The van der Waals surface area contributed by atoms with Crippen molar-refractivity contribution in [3.8, 4) is 0 Å². The second kappa shape index (κ2) is 8.20. The molecule has 0 radical (unpaired) electrons. The summed E-state index contributed by atoms with van der Waals surface area (Å²) >= 11 is 1.86. The van der Waals surface area contributed by atoms with E-state index in [2.05, 4.69) is 61.3 Å². The van der Waals surface area contributed by atoms with Gasteiger partial charge in [-0.1, -0.05) is 54.1 Å². The fourth-order valence-electron chi connectivity index (χ4n) is 4.40. The number of benzene rings is 3. The quantitative estimate of drug-likeness (QED) is 0.362. The average Bonchev–Trinajstić information content (AvgIpc) is 2.80. The van der Waals surface area contributed by atoms with E-state index in [1.54, 1.807) is 0 Å². The fraction of sp³-hybridized carbons (Fsp3) is 0.185. The second-order valence-corrected chi connectivity index (χ2v) is 9.37. The predicted octanol–water partition coefficient (Wildman–Crippen LogP) is 6.82. The van der Waals surface area contributed by atoms with Crippen molar-refractivity contribution in [3.63, 3.8) is 0 Å². The first-order valence-electron chi connectivity index (χ1n) is 10.6. The van der Waals surface area contributed by atoms with Crippen molar-refractivity contribution in [1.29, 1.82) is 0 Å². The van der Waals surface area contributed by atoms with Crippen LogP contribution >= 0.6 is 11.8 Å². The maximum atomic E-state index is 13.4. The van der Waals surface area contributed by atoms with E-state index in [9.17, 15) is 4.79 Å². The predicted molar refractivity (Wildman–Crippen MR) is 129 cm³/mol. The van der Waals surface area contributed by atoms with Crippen LogP contribution in [0, 0.1) is 6.92 Å². The highest BCUT2D eigenvalue weighted by atomic mass is 32.2. The summed E-state index contributed by atoms with van der Waals surface area (Å²) in [5, 5.41) is 1.42. The van der Waals surface area contributed by atoms with Gasteiger partial charge in [0.15, 0.2) is 0 Å².